The van der Waals surface area contributed by atoms with Gasteiger partial charge < -0.3 is 18.9 Å². The number of rotatable bonds is 1. The number of carbonyl (C=O) groups excluding carboxylic acids is 2. The van der Waals surface area contributed by atoms with Crippen LogP contribution < -0.4 is 15.2 Å². The summed E-state index contributed by atoms with van der Waals surface area (Å²) in [4.78, 5) is 23.8. The van der Waals surface area contributed by atoms with Gasteiger partial charge >= 0.3 is 11.9 Å². The van der Waals surface area contributed by atoms with Gasteiger partial charge in [-0.15, -0.1) is 0 Å². The molecule has 0 unspecified atom stereocenters. The average molecular weight is 286 g/mol. The first kappa shape index (κ1) is 12.0. The number of fused-ring (bicyclic) bond motifs is 2. The highest BCUT2D eigenvalue weighted by atomic mass is 16.7. The summed E-state index contributed by atoms with van der Waals surface area (Å²) < 4.78 is 20.8. The molecule has 2 heterocycles. The van der Waals surface area contributed by atoms with Gasteiger partial charge in [-0.3, -0.25) is 0 Å². The largest absolute Gasteiger partial charge is 0.468 e. The molecular formula is C15H10O6. The lowest BCUT2D eigenvalue weighted by Gasteiger charge is -2.24. The Balaban J connectivity index is 2.20. The molecule has 1 aromatic carbocycles. The first-order valence-electron chi connectivity index (χ1n) is 6.39. The van der Waals surface area contributed by atoms with Gasteiger partial charge in [-0.05, 0) is 17.7 Å². The van der Waals surface area contributed by atoms with Gasteiger partial charge in [0.2, 0.25) is 6.79 Å². The molecule has 0 aromatic heterocycles. The Hall–Kier alpha value is -2.76. The normalized spacial score (nSPS) is 18.3. The molecule has 0 radical (unpaired) electrons. The van der Waals surface area contributed by atoms with E-state index < -0.39 is 11.9 Å². The summed E-state index contributed by atoms with van der Waals surface area (Å²) in [5.41, 5.74) is 1.28. The Morgan fingerprint density at radius 1 is 1.14 bits per heavy atom. The molecule has 106 valence electrons. The quantitative estimate of drug-likeness (QED) is 0.536. The third-order valence-corrected chi connectivity index (χ3v) is 3.66. The van der Waals surface area contributed by atoms with Gasteiger partial charge in [-0.2, -0.15) is 0 Å². The van der Waals surface area contributed by atoms with Crippen LogP contribution >= 0.6 is 0 Å². The minimum atomic E-state index is -0.666. The van der Waals surface area contributed by atoms with E-state index in [1.165, 1.54) is 7.11 Å². The summed E-state index contributed by atoms with van der Waals surface area (Å²) in [6.45, 7) is 0.00503. The van der Waals surface area contributed by atoms with Crippen LogP contribution in [0.2, 0.25) is 0 Å². The van der Waals surface area contributed by atoms with Crippen molar-refractivity contribution in [3.8, 4) is 5.75 Å². The second kappa shape index (κ2) is 4.12. The van der Waals surface area contributed by atoms with Crippen molar-refractivity contribution in [3.63, 3.8) is 0 Å². The molecule has 2 aliphatic heterocycles. The first-order valence-corrected chi connectivity index (χ1v) is 6.39. The molecule has 0 N–H and O–H groups in total. The van der Waals surface area contributed by atoms with E-state index in [0.717, 1.165) is 0 Å². The summed E-state index contributed by atoms with van der Waals surface area (Å²) in [5, 5.41) is 1.33. The number of methoxy groups -OCH3 is 1. The number of hydrogen-bond acceptors (Lipinski definition) is 6. The average Bonchev–Trinajstić information content (AvgIpc) is 2.51. The molecule has 0 amide bonds. The lowest BCUT2D eigenvalue weighted by molar-refractivity contribution is -0.131. The minimum absolute atomic E-state index is 0.00503. The maximum absolute atomic E-state index is 12.0. The van der Waals surface area contributed by atoms with Crippen LogP contribution in [0.15, 0.2) is 12.1 Å². The third-order valence-electron chi connectivity index (χ3n) is 3.66. The number of ether oxygens (including phenoxy) is 4. The van der Waals surface area contributed by atoms with Crippen molar-refractivity contribution in [2.45, 2.75) is 6.42 Å². The van der Waals surface area contributed by atoms with Gasteiger partial charge in [0.15, 0.2) is 0 Å². The van der Waals surface area contributed by atoms with Gasteiger partial charge in [0.05, 0.1) is 18.2 Å². The Bertz CT molecular complexity index is 846. The van der Waals surface area contributed by atoms with Crippen LogP contribution in [-0.2, 0) is 19.0 Å². The monoisotopic (exact) mass is 286 g/mol. The number of esters is 2. The smallest absolute Gasteiger partial charge is 0.346 e. The molecule has 1 aliphatic carbocycles. The van der Waals surface area contributed by atoms with Gasteiger partial charge in [0.25, 0.3) is 5.95 Å². The standard InChI is InChI=1S/C15H10O6/c1-18-15-12-7-3-2-4-8-11(7)9(14(17)21-13(8)16)5-10(12)19-6-20-15/h3-5H,2,6H2,1H3. The molecule has 0 saturated heterocycles. The van der Waals surface area contributed by atoms with Crippen molar-refractivity contribution in [1.29, 1.82) is 0 Å². The zero-order chi connectivity index (χ0) is 14.6. The Labute approximate surface area is 118 Å². The van der Waals surface area contributed by atoms with Crippen molar-refractivity contribution in [2.75, 3.05) is 13.9 Å². The molecule has 0 bridgehead atoms. The highest BCUT2D eigenvalue weighted by molar-refractivity contribution is 6.26. The van der Waals surface area contributed by atoms with Crippen molar-refractivity contribution in [3.05, 3.63) is 33.7 Å². The molecule has 21 heavy (non-hydrogen) atoms. The van der Waals surface area contributed by atoms with Gasteiger partial charge in [-0.1, -0.05) is 12.2 Å². The minimum Gasteiger partial charge on any atom is -0.468 e. The molecule has 6 nitrogen and oxygen atoms in total. The second-order valence-electron chi connectivity index (χ2n) is 4.72. The van der Waals surface area contributed by atoms with Crippen molar-refractivity contribution >= 4 is 29.5 Å². The number of benzene rings is 1. The summed E-state index contributed by atoms with van der Waals surface area (Å²) >= 11 is 0. The molecule has 0 fully saturated rings. The predicted molar refractivity (Wildman–Crippen MR) is 70.2 cm³/mol. The Kier molecular flexibility index (Phi) is 2.35. The van der Waals surface area contributed by atoms with Crippen LogP contribution in [0, 0.1) is 0 Å². The van der Waals surface area contributed by atoms with E-state index in [4.69, 9.17) is 18.9 Å². The molecule has 1 aromatic rings. The number of cyclic esters (lactones) is 2. The molecule has 4 rings (SSSR count). The predicted octanol–water partition coefficient (Wildman–Crippen LogP) is 0.0298. The zero-order valence-corrected chi connectivity index (χ0v) is 11.1. The molecule has 6 heteroatoms. The summed E-state index contributed by atoms with van der Waals surface area (Å²) in [6.07, 6.45) is 4.20. The second-order valence-corrected chi connectivity index (χ2v) is 4.72. The van der Waals surface area contributed by atoms with Crippen molar-refractivity contribution < 1.29 is 28.5 Å². The summed E-state index contributed by atoms with van der Waals surface area (Å²) in [5.74, 6) is -0.493. The highest BCUT2D eigenvalue weighted by Crippen LogP contribution is 2.28. The van der Waals surface area contributed by atoms with Crippen LogP contribution in [0.3, 0.4) is 0 Å². The zero-order valence-electron chi connectivity index (χ0n) is 11.1. The van der Waals surface area contributed by atoms with Crippen LogP contribution in [0.25, 0.3) is 17.6 Å². The van der Waals surface area contributed by atoms with E-state index in [-0.39, 0.29) is 6.79 Å². The molecular weight excluding hydrogens is 276 g/mol. The molecule has 0 saturated carbocycles. The van der Waals surface area contributed by atoms with Gasteiger partial charge in [0, 0.05) is 5.56 Å². The highest BCUT2D eigenvalue weighted by Gasteiger charge is 2.34. The lowest BCUT2D eigenvalue weighted by Crippen LogP contribution is -2.41. The fraction of sp³-hybridized carbons (Fsp3) is 0.200. The number of allylic oxidation sites excluding steroid dienone is 1. The maximum Gasteiger partial charge on any atom is 0.346 e. The number of carbonyl (C=O) groups is 2. The molecule has 3 aliphatic rings. The third kappa shape index (κ3) is 1.53. The fourth-order valence-electron chi connectivity index (χ4n) is 2.81. The van der Waals surface area contributed by atoms with Crippen LogP contribution in [-0.4, -0.2) is 25.8 Å². The van der Waals surface area contributed by atoms with E-state index in [9.17, 15) is 9.59 Å². The van der Waals surface area contributed by atoms with Crippen LogP contribution in [0.5, 0.6) is 5.75 Å². The fourth-order valence-corrected chi connectivity index (χ4v) is 2.81. The van der Waals surface area contributed by atoms with Gasteiger partial charge in [0.1, 0.15) is 11.0 Å². The molecule has 0 spiro atoms. The summed E-state index contributed by atoms with van der Waals surface area (Å²) in [7, 11) is 1.50. The van der Waals surface area contributed by atoms with E-state index in [1.807, 2.05) is 6.08 Å². The molecule has 0 atom stereocenters. The number of hydrogen-bond donors (Lipinski definition) is 0. The van der Waals surface area contributed by atoms with Gasteiger partial charge in [-0.25, -0.2) is 9.59 Å². The van der Waals surface area contributed by atoms with E-state index in [0.29, 0.717) is 45.3 Å². The van der Waals surface area contributed by atoms with E-state index in [1.54, 1.807) is 12.1 Å². The van der Waals surface area contributed by atoms with Crippen LogP contribution in [0.1, 0.15) is 22.3 Å². The maximum atomic E-state index is 12.0. The topological polar surface area (TPSA) is 71.1 Å². The van der Waals surface area contributed by atoms with Crippen molar-refractivity contribution in [2.24, 2.45) is 0 Å². The van der Waals surface area contributed by atoms with Crippen molar-refractivity contribution in [1.82, 2.24) is 0 Å². The van der Waals surface area contributed by atoms with E-state index in [2.05, 4.69) is 0 Å². The van der Waals surface area contributed by atoms with E-state index >= 15 is 0 Å². The van der Waals surface area contributed by atoms with Crippen LogP contribution in [0.4, 0.5) is 0 Å². The first-order chi connectivity index (χ1) is 10.2. The SMILES string of the molecule is COC1=c2c(cc3c4c2=CCC=C4C(=O)OC3=O)OCO1. The lowest BCUT2D eigenvalue weighted by atomic mass is 9.89. The summed E-state index contributed by atoms with van der Waals surface area (Å²) in [6, 6.07) is 1.57. The Morgan fingerprint density at radius 2 is 2.00 bits per heavy atom. The Morgan fingerprint density at radius 3 is 2.81 bits per heavy atom.